The van der Waals surface area contributed by atoms with Crippen molar-refractivity contribution in [3.05, 3.63) is 35.5 Å². The minimum absolute atomic E-state index is 0. The third kappa shape index (κ3) is 7.79. The molecule has 3 saturated carbocycles. The molecule has 182 valence electrons. The Morgan fingerprint density at radius 2 is 2.03 bits per heavy atom. The Morgan fingerprint density at radius 1 is 1.27 bits per heavy atom. The summed E-state index contributed by atoms with van der Waals surface area (Å²) in [5, 5.41) is 0. The summed E-state index contributed by atoms with van der Waals surface area (Å²) < 4.78 is 92.1. The average Bonchev–Trinajstić information content (AvgIpc) is 3.14. The van der Waals surface area contributed by atoms with Gasteiger partial charge in [0.15, 0.2) is 0 Å². The van der Waals surface area contributed by atoms with E-state index in [1.165, 1.54) is 5.57 Å². The number of rotatable bonds is 8. The first-order chi connectivity index (χ1) is 17.8. The number of fused-ring (bicyclic) bond motifs is 1. The van der Waals surface area contributed by atoms with E-state index >= 15 is 0 Å². The summed E-state index contributed by atoms with van der Waals surface area (Å²) in [7, 11) is -4.75. The molecule has 0 unspecified atom stereocenters. The first kappa shape index (κ1) is 20.2. The summed E-state index contributed by atoms with van der Waals surface area (Å²) in [6.45, 7) is 2.88. The van der Waals surface area contributed by atoms with Gasteiger partial charge in [-0.1, -0.05) is 76.7 Å². The topological polar surface area (TPSA) is 66.4 Å². The van der Waals surface area contributed by atoms with E-state index in [2.05, 4.69) is 26.5 Å². The third-order valence-corrected chi connectivity index (χ3v) is 8.74. The Balaban J connectivity index is 0.00000560. The van der Waals surface area contributed by atoms with Crippen molar-refractivity contribution in [1.82, 2.24) is 0 Å². The van der Waals surface area contributed by atoms with Gasteiger partial charge in [0.1, 0.15) is 0 Å². The second kappa shape index (κ2) is 12.4. The third-order valence-electron chi connectivity index (χ3n) is 8.23. The second-order valence-corrected chi connectivity index (χ2v) is 11.4. The van der Waals surface area contributed by atoms with Gasteiger partial charge < -0.3 is 4.55 Å². The molecule has 6 heteroatoms. The molecule has 3 aliphatic rings. The summed E-state index contributed by atoms with van der Waals surface area (Å²) in [6, 6.07) is 0. The Labute approximate surface area is 234 Å². The number of hydrogen-bond acceptors (Lipinski definition) is 4. The predicted octanol–water partition coefficient (Wildman–Crippen LogP) is 4.11. The summed E-state index contributed by atoms with van der Waals surface area (Å²) in [5.41, 5.74) is 3.30. The number of allylic oxidation sites excluding steroid dienone is 4. The molecular formula is C27H43NaO4S. The molecule has 0 aromatic rings. The van der Waals surface area contributed by atoms with Gasteiger partial charge in [0, 0.05) is 16.0 Å². The van der Waals surface area contributed by atoms with E-state index in [9.17, 15) is 13.0 Å². The molecule has 0 aliphatic heterocycles. The van der Waals surface area contributed by atoms with Gasteiger partial charge in [-0.2, -0.15) is 0 Å². The molecule has 3 fully saturated rings. The van der Waals surface area contributed by atoms with Crippen LogP contribution in [0.3, 0.4) is 0 Å². The minimum Gasteiger partial charge on any atom is -0.726 e. The Morgan fingerprint density at radius 3 is 2.73 bits per heavy atom. The van der Waals surface area contributed by atoms with E-state index in [0.29, 0.717) is 43.9 Å². The maximum Gasteiger partial charge on any atom is 1.00 e. The molecule has 0 N–H and O–H groups in total. The standard InChI is InChI=1S/C27H44O4S.Na/c1-19(2)8-6-9-21(4)25-15-16-26-22(10-7-17-27(25,26)5)12-13-23-18-24(14-11-20(23)3)31-32(28,29)30;/h12-13,19,21,24-26H,3,6-11,14-18H2,1-2,4-5H3,(H,28,29,30);/q;+1/p-1/b22-12+,23-13-;/t21-,24+,25-,26+,27-;/m1./s1/i1D3,2D3,19D;. The van der Waals surface area contributed by atoms with Crippen LogP contribution in [0.2, 0.25) is 0 Å². The van der Waals surface area contributed by atoms with Crippen LogP contribution < -0.4 is 29.6 Å². The summed E-state index contributed by atoms with van der Waals surface area (Å²) in [5.74, 6) is -1.35. The molecule has 0 aromatic heterocycles. The molecule has 0 bridgehead atoms. The zero-order valence-electron chi connectivity index (χ0n) is 27.5. The fourth-order valence-electron chi connectivity index (χ4n) is 6.65. The smallest absolute Gasteiger partial charge is 0.726 e. The van der Waals surface area contributed by atoms with Crippen LogP contribution in [0.15, 0.2) is 35.5 Å². The van der Waals surface area contributed by atoms with E-state index in [4.69, 9.17) is 13.8 Å². The van der Waals surface area contributed by atoms with Crippen LogP contribution in [0.4, 0.5) is 0 Å². The van der Waals surface area contributed by atoms with Gasteiger partial charge in [0.25, 0.3) is 0 Å². The van der Waals surface area contributed by atoms with Crippen LogP contribution in [0, 0.1) is 29.1 Å². The molecule has 3 aliphatic carbocycles. The Kier molecular flexibility index (Phi) is 7.56. The molecule has 0 radical (unpaired) electrons. The molecule has 0 spiro atoms. The van der Waals surface area contributed by atoms with Gasteiger partial charge in [-0.15, -0.1) is 0 Å². The average molecular weight is 494 g/mol. The normalized spacial score (nSPS) is 38.1. The van der Waals surface area contributed by atoms with E-state index in [0.717, 1.165) is 43.3 Å². The maximum atomic E-state index is 11.1. The molecular weight excluding hydrogens is 443 g/mol. The van der Waals surface area contributed by atoms with Gasteiger partial charge in [0.05, 0.1) is 6.10 Å². The van der Waals surface area contributed by atoms with Crippen molar-refractivity contribution in [3.63, 3.8) is 0 Å². The first-order valence-electron chi connectivity index (χ1n) is 15.5. The molecule has 0 saturated heterocycles. The van der Waals surface area contributed by atoms with Crippen LogP contribution in [-0.2, 0) is 14.6 Å². The van der Waals surface area contributed by atoms with Gasteiger partial charge in [0.2, 0.25) is 10.4 Å². The van der Waals surface area contributed by atoms with Crippen LogP contribution in [0.25, 0.3) is 0 Å². The van der Waals surface area contributed by atoms with E-state index in [-0.39, 0.29) is 47.3 Å². The fraction of sp³-hybridized carbons (Fsp3) is 0.778. The van der Waals surface area contributed by atoms with Crippen molar-refractivity contribution in [2.24, 2.45) is 29.1 Å². The van der Waals surface area contributed by atoms with E-state index in [1.54, 1.807) is 0 Å². The van der Waals surface area contributed by atoms with Crippen molar-refractivity contribution in [3.8, 4) is 0 Å². The first-order valence-corrected chi connectivity index (χ1v) is 13.3. The summed E-state index contributed by atoms with van der Waals surface area (Å²) in [4.78, 5) is 0. The largest absolute Gasteiger partial charge is 1.00 e. The number of hydrogen-bond donors (Lipinski definition) is 0. The van der Waals surface area contributed by atoms with Crippen molar-refractivity contribution < 1.29 is 56.3 Å². The maximum absolute atomic E-state index is 11.1. The Bertz CT molecular complexity index is 1070. The van der Waals surface area contributed by atoms with Crippen LogP contribution in [0.5, 0.6) is 0 Å². The van der Waals surface area contributed by atoms with Crippen molar-refractivity contribution in [2.45, 2.75) is 104 Å². The second-order valence-electron chi connectivity index (χ2n) is 10.4. The zero-order chi connectivity index (χ0) is 29.4. The van der Waals surface area contributed by atoms with Crippen LogP contribution in [0.1, 0.15) is 108 Å². The molecule has 0 amide bonds. The molecule has 3 rings (SSSR count). The fourth-order valence-corrected chi connectivity index (χ4v) is 7.14. The quantitative estimate of drug-likeness (QED) is 0.290. The van der Waals surface area contributed by atoms with Crippen LogP contribution >= 0.6 is 0 Å². The van der Waals surface area contributed by atoms with Gasteiger partial charge >= 0.3 is 29.6 Å². The van der Waals surface area contributed by atoms with Gasteiger partial charge in [-0.25, -0.2) is 8.42 Å². The SMILES string of the molecule is [2H]C([2H])([2H])C([2H])(CCC[C@@H](C)[C@H]1CC[C@H]2/C(=C/C=C3/C[C@@H](OS(=O)(=O)[O-])CCC3=C)CCC[C@]12C)C([2H])([2H])[2H].[Na+]. The van der Waals surface area contributed by atoms with Crippen molar-refractivity contribution in [1.29, 1.82) is 0 Å². The van der Waals surface area contributed by atoms with E-state index < -0.39 is 36.1 Å². The Hall–Kier alpha value is 0.0900. The molecule has 0 aromatic carbocycles. The van der Waals surface area contributed by atoms with Crippen molar-refractivity contribution >= 4 is 10.4 Å². The minimum atomic E-state index is -4.75. The predicted molar refractivity (Wildman–Crippen MR) is 130 cm³/mol. The monoisotopic (exact) mass is 493 g/mol. The summed E-state index contributed by atoms with van der Waals surface area (Å²) >= 11 is 0. The van der Waals surface area contributed by atoms with Crippen LogP contribution in [-0.4, -0.2) is 19.1 Å². The molecule has 0 heterocycles. The van der Waals surface area contributed by atoms with Gasteiger partial charge in [-0.05, 0) is 79.6 Å². The molecule has 5 atom stereocenters. The van der Waals surface area contributed by atoms with Crippen molar-refractivity contribution in [2.75, 3.05) is 0 Å². The van der Waals surface area contributed by atoms with Gasteiger partial charge in [-0.3, -0.25) is 4.18 Å². The molecule has 4 nitrogen and oxygen atoms in total. The zero-order valence-corrected chi connectivity index (χ0v) is 23.3. The van der Waals surface area contributed by atoms with E-state index in [1.807, 2.05) is 6.08 Å². The molecule has 33 heavy (non-hydrogen) atoms. The summed E-state index contributed by atoms with van der Waals surface area (Å²) in [6.07, 6.45) is 11.0.